The summed E-state index contributed by atoms with van der Waals surface area (Å²) in [6, 6.07) is 3.48. The van der Waals surface area contributed by atoms with Crippen molar-refractivity contribution in [2.45, 2.75) is 33.2 Å². The lowest BCUT2D eigenvalue weighted by Crippen LogP contribution is -2.32. The van der Waals surface area contributed by atoms with Gasteiger partial charge in [-0.05, 0) is 36.3 Å². The third-order valence-corrected chi connectivity index (χ3v) is 4.01. The van der Waals surface area contributed by atoms with Crippen molar-refractivity contribution in [3.63, 3.8) is 0 Å². The SMILES string of the molecule is CC(C)C1(CNC(=O)c2ccnc(CN)c2)CC1. The van der Waals surface area contributed by atoms with Gasteiger partial charge in [0.05, 0.1) is 5.69 Å². The lowest BCUT2D eigenvalue weighted by Gasteiger charge is -2.20. The standard InChI is InChI=1S/C14H21N3O/c1-10(2)14(4-5-14)9-17-13(18)11-3-6-16-12(7-11)8-15/h3,6-7,10H,4-5,8-9,15H2,1-2H3,(H,17,18). The molecule has 1 aromatic heterocycles. The molecule has 4 heteroatoms. The summed E-state index contributed by atoms with van der Waals surface area (Å²) in [5.41, 5.74) is 7.24. The van der Waals surface area contributed by atoms with E-state index in [-0.39, 0.29) is 5.91 Å². The molecule has 1 aromatic rings. The van der Waals surface area contributed by atoms with Crippen LogP contribution in [0.4, 0.5) is 0 Å². The van der Waals surface area contributed by atoms with Crippen LogP contribution in [0.2, 0.25) is 0 Å². The Hall–Kier alpha value is -1.42. The monoisotopic (exact) mass is 247 g/mol. The lowest BCUT2D eigenvalue weighted by atomic mass is 9.92. The Labute approximate surface area is 108 Å². The highest BCUT2D eigenvalue weighted by atomic mass is 16.1. The molecule has 0 unspecified atom stereocenters. The van der Waals surface area contributed by atoms with Crippen LogP contribution in [0.5, 0.6) is 0 Å². The van der Waals surface area contributed by atoms with Crippen LogP contribution in [-0.4, -0.2) is 17.4 Å². The van der Waals surface area contributed by atoms with Gasteiger partial charge in [0.15, 0.2) is 0 Å². The molecule has 1 aliphatic carbocycles. The van der Waals surface area contributed by atoms with Crippen molar-refractivity contribution in [3.05, 3.63) is 29.6 Å². The molecule has 0 aromatic carbocycles. The van der Waals surface area contributed by atoms with Gasteiger partial charge in [-0.25, -0.2) is 0 Å². The first-order chi connectivity index (χ1) is 8.57. The van der Waals surface area contributed by atoms with E-state index in [1.54, 1.807) is 18.3 Å². The first kappa shape index (κ1) is 13.0. The average molecular weight is 247 g/mol. The van der Waals surface area contributed by atoms with E-state index in [1.807, 2.05) is 0 Å². The number of nitrogens with one attached hydrogen (secondary N) is 1. The molecule has 2 rings (SSSR count). The predicted octanol–water partition coefficient (Wildman–Crippen LogP) is 1.71. The summed E-state index contributed by atoms with van der Waals surface area (Å²) in [6.45, 7) is 5.57. The van der Waals surface area contributed by atoms with E-state index in [1.165, 1.54) is 12.8 Å². The molecule has 1 heterocycles. The molecule has 0 saturated heterocycles. The number of nitrogens with zero attached hydrogens (tertiary/aromatic N) is 1. The van der Waals surface area contributed by atoms with Gasteiger partial charge < -0.3 is 11.1 Å². The van der Waals surface area contributed by atoms with E-state index in [9.17, 15) is 4.79 Å². The Morgan fingerprint density at radius 1 is 1.56 bits per heavy atom. The molecule has 0 bridgehead atoms. The van der Waals surface area contributed by atoms with Gasteiger partial charge in [0.1, 0.15) is 0 Å². The molecule has 1 fully saturated rings. The molecule has 0 spiro atoms. The lowest BCUT2D eigenvalue weighted by molar-refractivity contribution is 0.0939. The van der Waals surface area contributed by atoms with E-state index < -0.39 is 0 Å². The Kier molecular flexibility index (Phi) is 3.66. The minimum absolute atomic E-state index is 0.0287. The fourth-order valence-electron chi connectivity index (χ4n) is 2.21. The number of pyridine rings is 1. The zero-order valence-electron chi connectivity index (χ0n) is 11.1. The molecule has 1 amide bonds. The van der Waals surface area contributed by atoms with Crippen LogP contribution in [0.25, 0.3) is 0 Å². The van der Waals surface area contributed by atoms with E-state index in [0.29, 0.717) is 23.4 Å². The molecule has 0 atom stereocenters. The van der Waals surface area contributed by atoms with Crippen molar-refractivity contribution < 1.29 is 4.79 Å². The number of rotatable bonds is 5. The van der Waals surface area contributed by atoms with Crippen LogP contribution < -0.4 is 11.1 Å². The number of carbonyl (C=O) groups is 1. The molecule has 1 aliphatic rings. The Balaban J connectivity index is 1.95. The second-order valence-corrected chi connectivity index (χ2v) is 5.44. The van der Waals surface area contributed by atoms with E-state index in [0.717, 1.165) is 12.2 Å². The second-order valence-electron chi connectivity index (χ2n) is 5.44. The summed E-state index contributed by atoms with van der Waals surface area (Å²) in [5, 5.41) is 3.03. The molecule has 0 radical (unpaired) electrons. The zero-order valence-corrected chi connectivity index (χ0v) is 11.1. The van der Waals surface area contributed by atoms with Crippen LogP contribution in [0, 0.1) is 11.3 Å². The van der Waals surface area contributed by atoms with Crippen LogP contribution in [0.15, 0.2) is 18.3 Å². The second kappa shape index (κ2) is 5.06. The van der Waals surface area contributed by atoms with Crippen molar-refractivity contribution >= 4 is 5.91 Å². The molecular weight excluding hydrogens is 226 g/mol. The number of carbonyl (C=O) groups excluding carboxylic acids is 1. The smallest absolute Gasteiger partial charge is 0.251 e. The molecular formula is C14H21N3O. The van der Waals surface area contributed by atoms with Crippen molar-refractivity contribution in [1.29, 1.82) is 0 Å². The van der Waals surface area contributed by atoms with Gasteiger partial charge in [-0.3, -0.25) is 9.78 Å². The van der Waals surface area contributed by atoms with Gasteiger partial charge in [-0.1, -0.05) is 13.8 Å². The number of amides is 1. The summed E-state index contributed by atoms with van der Waals surface area (Å²) in [7, 11) is 0. The Bertz CT molecular complexity index is 438. The minimum atomic E-state index is -0.0287. The van der Waals surface area contributed by atoms with Gasteiger partial charge in [-0.2, -0.15) is 0 Å². The van der Waals surface area contributed by atoms with E-state index in [4.69, 9.17) is 5.73 Å². The van der Waals surface area contributed by atoms with Crippen LogP contribution >= 0.6 is 0 Å². The molecule has 1 saturated carbocycles. The fraction of sp³-hybridized carbons (Fsp3) is 0.571. The van der Waals surface area contributed by atoms with Crippen molar-refractivity contribution in [2.75, 3.05) is 6.54 Å². The first-order valence-electron chi connectivity index (χ1n) is 6.50. The number of hydrogen-bond donors (Lipinski definition) is 2. The zero-order chi connectivity index (χ0) is 13.2. The third kappa shape index (κ3) is 2.70. The van der Waals surface area contributed by atoms with Crippen LogP contribution in [0.3, 0.4) is 0 Å². The van der Waals surface area contributed by atoms with Gasteiger partial charge >= 0.3 is 0 Å². The highest BCUT2D eigenvalue weighted by Gasteiger charge is 2.45. The highest BCUT2D eigenvalue weighted by molar-refractivity contribution is 5.94. The number of aromatic nitrogens is 1. The van der Waals surface area contributed by atoms with Crippen molar-refractivity contribution in [2.24, 2.45) is 17.1 Å². The van der Waals surface area contributed by atoms with Crippen molar-refractivity contribution in [3.8, 4) is 0 Å². The molecule has 3 N–H and O–H groups in total. The summed E-state index contributed by atoms with van der Waals surface area (Å²) in [5.74, 6) is 0.592. The Morgan fingerprint density at radius 3 is 2.83 bits per heavy atom. The quantitative estimate of drug-likeness (QED) is 0.832. The predicted molar refractivity (Wildman–Crippen MR) is 71.0 cm³/mol. The summed E-state index contributed by atoms with van der Waals surface area (Å²) < 4.78 is 0. The molecule has 18 heavy (non-hydrogen) atoms. The maximum absolute atomic E-state index is 12.0. The number of nitrogens with two attached hydrogens (primary N) is 1. The average Bonchev–Trinajstić information content (AvgIpc) is 3.17. The van der Waals surface area contributed by atoms with Crippen molar-refractivity contribution in [1.82, 2.24) is 10.3 Å². The third-order valence-electron chi connectivity index (χ3n) is 4.01. The Morgan fingerprint density at radius 2 is 2.28 bits per heavy atom. The first-order valence-corrected chi connectivity index (χ1v) is 6.50. The summed E-state index contributed by atoms with van der Waals surface area (Å²) >= 11 is 0. The fourth-order valence-corrected chi connectivity index (χ4v) is 2.21. The van der Waals surface area contributed by atoms with Gasteiger partial charge in [0, 0.05) is 24.8 Å². The molecule has 0 aliphatic heterocycles. The maximum Gasteiger partial charge on any atom is 0.251 e. The van der Waals surface area contributed by atoms with Gasteiger partial charge in [-0.15, -0.1) is 0 Å². The topological polar surface area (TPSA) is 68.0 Å². The minimum Gasteiger partial charge on any atom is -0.351 e. The van der Waals surface area contributed by atoms with Crippen LogP contribution in [0.1, 0.15) is 42.7 Å². The highest BCUT2D eigenvalue weighted by Crippen LogP contribution is 2.51. The van der Waals surface area contributed by atoms with E-state index >= 15 is 0 Å². The number of hydrogen-bond acceptors (Lipinski definition) is 3. The van der Waals surface area contributed by atoms with Crippen LogP contribution in [-0.2, 0) is 6.54 Å². The summed E-state index contributed by atoms with van der Waals surface area (Å²) in [6.07, 6.45) is 4.07. The normalized spacial score (nSPS) is 16.7. The maximum atomic E-state index is 12.0. The van der Waals surface area contributed by atoms with Gasteiger partial charge in [0.2, 0.25) is 0 Å². The van der Waals surface area contributed by atoms with E-state index in [2.05, 4.69) is 24.1 Å². The largest absolute Gasteiger partial charge is 0.351 e. The molecule has 4 nitrogen and oxygen atoms in total. The molecule has 98 valence electrons. The summed E-state index contributed by atoms with van der Waals surface area (Å²) in [4.78, 5) is 16.1. The van der Waals surface area contributed by atoms with Gasteiger partial charge in [0.25, 0.3) is 5.91 Å².